The number of sulfonamides is 1. The van der Waals surface area contributed by atoms with Gasteiger partial charge in [0.15, 0.2) is 0 Å². The van der Waals surface area contributed by atoms with E-state index in [9.17, 15) is 8.42 Å². The van der Waals surface area contributed by atoms with Crippen LogP contribution in [-0.2, 0) is 17.1 Å². The Kier molecular flexibility index (Phi) is 5.31. The smallest absolute Gasteiger partial charge is 0.243 e. The molecule has 0 bridgehead atoms. The molecule has 1 aromatic heterocycles. The van der Waals surface area contributed by atoms with E-state index in [4.69, 9.17) is 16.3 Å². The van der Waals surface area contributed by atoms with Gasteiger partial charge in [-0.15, -0.1) is 0 Å². The van der Waals surface area contributed by atoms with Crippen molar-refractivity contribution in [2.45, 2.75) is 10.9 Å². The lowest BCUT2D eigenvalue weighted by atomic mass is 10.1. The van der Waals surface area contributed by atoms with Gasteiger partial charge in [-0.25, -0.2) is 13.4 Å². The Morgan fingerprint density at radius 3 is 2.42 bits per heavy atom. The van der Waals surface area contributed by atoms with Gasteiger partial charge in [0, 0.05) is 19.4 Å². The lowest BCUT2D eigenvalue weighted by molar-refractivity contribution is 0.414. The van der Waals surface area contributed by atoms with Crippen LogP contribution in [0.25, 0.3) is 0 Å². The Labute approximate surface area is 157 Å². The number of ether oxygens (including phenoxy) is 1. The van der Waals surface area contributed by atoms with Crippen molar-refractivity contribution in [3.05, 3.63) is 77.3 Å². The predicted octanol–water partition coefficient (Wildman–Crippen LogP) is 3.15. The molecule has 3 aromatic rings. The maximum Gasteiger partial charge on any atom is 0.243 e. The maximum absolute atomic E-state index is 12.9. The summed E-state index contributed by atoms with van der Waals surface area (Å²) in [6.45, 7) is 0. The van der Waals surface area contributed by atoms with E-state index < -0.39 is 16.1 Å². The van der Waals surface area contributed by atoms with E-state index in [1.807, 2.05) is 7.05 Å². The van der Waals surface area contributed by atoms with Gasteiger partial charge in [-0.1, -0.05) is 35.9 Å². The normalized spacial score (nSPS) is 12.7. The molecule has 136 valence electrons. The largest absolute Gasteiger partial charge is 0.497 e. The van der Waals surface area contributed by atoms with Gasteiger partial charge in [-0.05, 0) is 29.8 Å². The van der Waals surface area contributed by atoms with Gasteiger partial charge in [-0.2, -0.15) is 4.72 Å². The molecule has 2 aromatic carbocycles. The van der Waals surface area contributed by atoms with Crippen molar-refractivity contribution in [3.63, 3.8) is 0 Å². The average Bonchev–Trinajstić information content (AvgIpc) is 3.06. The summed E-state index contributed by atoms with van der Waals surface area (Å²) in [6.07, 6.45) is 3.38. The maximum atomic E-state index is 12.9. The number of benzene rings is 2. The summed E-state index contributed by atoms with van der Waals surface area (Å²) < 4.78 is 35.5. The van der Waals surface area contributed by atoms with Gasteiger partial charge in [0.2, 0.25) is 10.0 Å². The third kappa shape index (κ3) is 3.75. The second-order valence-corrected chi connectivity index (χ2v) is 7.74. The summed E-state index contributed by atoms with van der Waals surface area (Å²) in [4.78, 5) is 4.33. The summed E-state index contributed by atoms with van der Waals surface area (Å²) in [6, 6.07) is 12.8. The van der Waals surface area contributed by atoms with Crippen LogP contribution >= 0.6 is 11.6 Å². The molecule has 1 atom stereocenters. The van der Waals surface area contributed by atoms with Crippen molar-refractivity contribution >= 4 is 21.6 Å². The second-order valence-electron chi connectivity index (χ2n) is 5.65. The highest BCUT2D eigenvalue weighted by Gasteiger charge is 2.27. The number of methoxy groups -OCH3 is 1. The predicted molar refractivity (Wildman–Crippen MR) is 99.8 cm³/mol. The van der Waals surface area contributed by atoms with E-state index in [2.05, 4.69) is 9.71 Å². The number of imidazole rings is 1. The summed E-state index contributed by atoms with van der Waals surface area (Å²) >= 11 is 6.08. The molecule has 0 aliphatic rings. The van der Waals surface area contributed by atoms with E-state index in [1.165, 1.54) is 6.07 Å². The summed E-state index contributed by atoms with van der Waals surface area (Å²) in [5.41, 5.74) is 0.732. The highest BCUT2D eigenvalue weighted by atomic mass is 35.5. The zero-order valence-electron chi connectivity index (χ0n) is 14.3. The zero-order valence-corrected chi connectivity index (χ0v) is 15.8. The molecule has 0 aliphatic carbocycles. The van der Waals surface area contributed by atoms with E-state index in [0.29, 0.717) is 11.6 Å². The molecule has 6 nitrogen and oxygen atoms in total. The number of rotatable bonds is 6. The minimum absolute atomic E-state index is 0.0226. The van der Waals surface area contributed by atoms with Crippen molar-refractivity contribution in [3.8, 4) is 5.75 Å². The van der Waals surface area contributed by atoms with Crippen molar-refractivity contribution < 1.29 is 13.2 Å². The van der Waals surface area contributed by atoms with Crippen molar-refractivity contribution in [2.24, 2.45) is 7.05 Å². The van der Waals surface area contributed by atoms with Gasteiger partial charge in [-0.3, -0.25) is 0 Å². The Balaban J connectivity index is 2.04. The quantitative estimate of drug-likeness (QED) is 0.700. The van der Waals surface area contributed by atoms with Gasteiger partial charge < -0.3 is 9.30 Å². The van der Waals surface area contributed by atoms with Crippen LogP contribution in [0, 0.1) is 0 Å². The Bertz CT molecular complexity index is 1000. The molecular formula is C18H18ClN3O3S. The van der Waals surface area contributed by atoms with Gasteiger partial charge >= 0.3 is 0 Å². The first-order valence-corrected chi connectivity index (χ1v) is 9.66. The van der Waals surface area contributed by atoms with Crippen LogP contribution in [0.3, 0.4) is 0 Å². The Morgan fingerprint density at radius 1 is 1.15 bits per heavy atom. The fourth-order valence-corrected chi connectivity index (χ4v) is 4.30. The van der Waals surface area contributed by atoms with Gasteiger partial charge in [0.25, 0.3) is 0 Å². The zero-order chi connectivity index (χ0) is 18.7. The minimum atomic E-state index is -3.86. The van der Waals surface area contributed by atoms with Crippen LogP contribution < -0.4 is 9.46 Å². The number of hydrogen-bond acceptors (Lipinski definition) is 4. The van der Waals surface area contributed by atoms with E-state index >= 15 is 0 Å². The van der Waals surface area contributed by atoms with E-state index in [-0.39, 0.29) is 9.92 Å². The fraction of sp³-hybridized carbons (Fsp3) is 0.167. The monoisotopic (exact) mass is 391 g/mol. The first kappa shape index (κ1) is 18.4. The number of nitrogens with zero attached hydrogens (tertiary/aromatic N) is 2. The van der Waals surface area contributed by atoms with Crippen LogP contribution in [0.2, 0.25) is 5.02 Å². The molecule has 26 heavy (non-hydrogen) atoms. The van der Waals surface area contributed by atoms with Gasteiger partial charge in [0.05, 0.1) is 12.1 Å². The molecular weight excluding hydrogens is 374 g/mol. The molecule has 0 saturated carbocycles. The highest BCUT2D eigenvalue weighted by Crippen LogP contribution is 2.27. The molecule has 0 aliphatic heterocycles. The molecule has 0 spiro atoms. The number of aryl methyl sites for hydroxylation is 1. The Hall–Kier alpha value is -2.35. The minimum Gasteiger partial charge on any atom is -0.497 e. The average molecular weight is 392 g/mol. The molecule has 0 fully saturated rings. The van der Waals surface area contributed by atoms with Crippen LogP contribution in [-0.4, -0.2) is 25.1 Å². The van der Waals surface area contributed by atoms with E-state index in [0.717, 1.165) is 5.56 Å². The molecule has 0 radical (unpaired) electrons. The molecule has 1 N–H and O–H groups in total. The van der Waals surface area contributed by atoms with E-state index in [1.54, 1.807) is 66.5 Å². The van der Waals surface area contributed by atoms with Crippen LogP contribution in [0.4, 0.5) is 0 Å². The summed E-state index contributed by atoms with van der Waals surface area (Å²) in [5.74, 6) is 1.24. The Morgan fingerprint density at radius 2 is 1.85 bits per heavy atom. The topological polar surface area (TPSA) is 73.2 Å². The van der Waals surface area contributed by atoms with Crippen molar-refractivity contribution in [1.82, 2.24) is 14.3 Å². The first-order valence-electron chi connectivity index (χ1n) is 7.80. The van der Waals surface area contributed by atoms with Crippen molar-refractivity contribution in [1.29, 1.82) is 0 Å². The highest BCUT2D eigenvalue weighted by molar-refractivity contribution is 7.89. The molecule has 1 unspecified atom stereocenters. The van der Waals surface area contributed by atoms with Crippen LogP contribution in [0.5, 0.6) is 5.75 Å². The fourth-order valence-electron chi connectivity index (χ4n) is 2.60. The number of hydrogen-bond donors (Lipinski definition) is 1. The lowest BCUT2D eigenvalue weighted by Crippen LogP contribution is -2.31. The molecule has 1 heterocycles. The van der Waals surface area contributed by atoms with Crippen molar-refractivity contribution in [2.75, 3.05) is 7.11 Å². The van der Waals surface area contributed by atoms with Gasteiger partial charge in [0.1, 0.15) is 22.5 Å². The summed E-state index contributed by atoms with van der Waals surface area (Å²) in [7, 11) is -0.480. The van der Waals surface area contributed by atoms with Crippen LogP contribution in [0.15, 0.2) is 65.8 Å². The number of nitrogens with one attached hydrogen (secondary N) is 1. The first-order chi connectivity index (χ1) is 12.4. The lowest BCUT2D eigenvalue weighted by Gasteiger charge is -2.20. The molecule has 0 saturated heterocycles. The third-order valence-electron chi connectivity index (χ3n) is 3.96. The molecule has 8 heteroatoms. The molecule has 3 rings (SSSR count). The third-order valence-corrected chi connectivity index (χ3v) is 5.89. The SMILES string of the molecule is COc1ccc(C(NS(=O)(=O)c2ccccc2Cl)c2nccn2C)cc1. The number of aromatic nitrogens is 2. The summed E-state index contributed by atoms with van der Waals surface area (Å²) in [5, 5.41) is 0.160. The molecule has 0 amide bonds. The standard InChI is InChI=1S/C18H18ClN3O3S/c1-22-12-11-20-18(22)17(13-7-9-14(25-2)10-8-13)21-26(23,24)16-6-4-3-5-15(16)19/h3-12,17,21H,1-2H3. The second kappa shape index (κ2) is 7.49. The number of halogens is 1. The van der Waals surface area contributed by atoms with Crippen LogP contribution in [0.1, 0.15) is 17.4 Å².